The van der Waals surface area contributed by atoms with Gasteiger partial charge in [-0.05, 0) is 18.2 Å². The number of nitrogens with zero attached hydrogens (tertiary/aromatic N) is 1. The first kappa shape index (κ1) is 14.8. The molecule has 1 aliphatic heterocycles. The van der Waals surface area contributed by atoms with Crippen molar-refractivity contribution in [2.45, 2.75) is 23.5 Å². The number of hydrogen-bond acceptors (Lipinski definition) is 4. The number of aliphatic carboxylic acids is 1. The Labute approximate surface area is 113 Å². The Morgan fingerprint density at radius 2 is 1.95 bits per heavy atom. The van der Waals surface area contributed by atoms with Crippen LogP contribution in [0.15, 0.2) is 23.1 Å². The summed E-state index contributed by atoms with van der Waals surface area (Å²) in [6, 6.07) is 0.541. The van der Waals surface area contributed by atoms with Crippen LogP contribution in [0.5, 0.6) is 0 Å². The molecule has 9 heteroatoms. The molecule has 1 aliphatic rings. The molecule has 1 aromatic rings. The fourth-order valence-corrected chi connectivity index (χ4v) is 3.69. The Kier molecular flexibility index (Phi) is 3.76. The Morgan fingerprint density at radius 3 is 2.50 bits per heavy atom. The number of halogens is 2. The van der Waals surface area contributed by atoms with Gasteiger partial charge in [-0.1, -0.05) is 0 Å². The fraction of sp³-hybridized carbons (Fsp3) is 0.364. The SMILES string of the molecule is O=C(O)C1CC(O)CN1S(=O)(=O)c1ccc(F)c(F)c1. The summed E-state index contributed by atoms with van der Waals surface area (Å²) >= 11 is 0. The molecule has 1 saturated heterocycles. The lowest BCUT2D eigenvalue weighted by Crippen LogP contribution is -2.40. The molecule has 20 heavy (non-hydrogen) atoms. The number of carboxylic acids is 1. The van der Waals surface area contributed by atoms with Crippen LogP contribution >= 0.6 is 0 Å². The van der Waals surface area contributed by atoms with E-state index >= 15 is 0 Å². The normalized spacial score (nSPS) is 23.9. The highest BCUT2D eigenvalue weighted by molar-refractivity contribution is 7.89. The molecule has 2 unspecified atom stereocenters. The fourth-order valence-electron chi connectivity index (χ4n) is 2.05. The second kappa shape index (κ2) is 5.08. The van der Waals surface area contributed by atoms with E-state index in [0.717, 1.165) is 6.07 Å². The van der Waals surface area contributed by atoms with Crippen LogP contribution in [-0.4, -0.2) is 47.6 Å². The number of aliphatic hydroxyl groups is 1. The maximum Gasteiger partial charge on any atom is 0.322 e. The van der Waals surface area contributed by atoms with Gasteiger partial charge in [-0.2, -0.15) is 4.31 Å². The van der Waals surface area contributed by atoms with Crippen molar-refractivity contribution in [3.05, 3.63) is 29.8 Å². The molecule has 0 radical (unpaired) electrons. The molecular formula is C11H11F2NO5S. The molecule has 1 heterocycles. The maximum atomic E-state index is 13.1. The number of benzene rings is 1. The Balaban J connectivity index is 2.43. The summed E-state index contributed by atoms with van der Waals surface area (Å²) in [4.78, 5) is 10.4. The number of rotatable bonds is 3. The number of sulfonamides is 1. The van der Waals surface area contributed by atoms with Crippen LogP contribution < -0.4 is 0 Å². The molecule has 2 atom stereocenters. The highest BCUT2D eigenvalue weighted by Gasteiger charge is 2.43. The zero-order valence-electron chi connectivity index (χ0n) is 10.0. The van der Waals surface area contributed by atoms with Gasteiger partial charge in [-0.3, -0.25) is 4.79 Å². The minimum Gasteiger partial charge on any atom is -0.480 e. The lowest BCUT2D eigenvalue weighted by atomic mass is 10.2. The molecule has 6 nitrogen and oxygen atoms in total. The second-order valence-electron chi connectivity index (χ2n) is 4.39. The van der Waals surface area contributed by atoms with Gasteiger partial charge < -0.3 is 10.2 Å². The molecule has 0 spiro atoms. The summed E-state index contributed by atoms with van der Waals surface area (Å²) < 4.78 is 50.9. The quantitative estimate of drug-likeness (QED) is 0.830. The summed E-state index contributed by atoms with van der Waals surface area (Å²) in [5, 5.41) is 18.4. The predicted octanol–water partition coefficient (Wildman–Crippen LogP) is 0.173. The molecule has 1 fully saturated rings. The first-order chi connectivity index (χ1) is 9.23. The van der Waals surface area contributed by atoms with Gasteiger partial charge >= 0.3 is 5.97 Å². The Hall–Kier alpha value is -1.58. The van der Waals surface area contributed by atoms with E-state index in [0.29, 0.717) is 16.4 Å². The molecule has 1 aromatic carbocycles. The summed E-state index contributed by atoms with van der Waals surface area (Å²) in [5.41, 5.74) is 0. The van der Waals surface area contributed by atoms with E-state index in [-0.39, 0.29) is 6.42 Å². The molecule has 0 aliphatic carbocycles. The van der Waals surface area contributed by atoms with Gasteiger partial charge in [0.25, 0.3) is 0 Å². The molecule has 0 aromatic heterocycles. The van der Waals surface area contributed by atoms with E-state index < -0.39 is 51.2 Å². The van der Waals surface area contributed by atoms with Gasteiger partial charge in [0.2, 0.25) is 10.0 Å². The van der Waals surface area contributed by atoms with E-state index in [1.54, 1.807) is 0 Å². The molecule has 0 bridgehead atoms. The predicted molar refractivity (Wildman–Crippen MR) is 62.3 cm³/mol. The van der Waals surface area contributed by atoms with Gasteiger partial charge in [0.15, 0.2) is 11.6 Å². The van der Waals surface area contributed by atoms with E-state index in [4.69, 9.17) is 5.11 Å². The average Bonchev–Trinajstić information content (AvgIpc) is 2.75. The van der Waals surface area contributed by atoms with E-state index in [1.807, 2.05) is 0 Å². The average molecular weight is 307 g/mol. The molecule has 0 saturated carbocycles. The number of hydrogen-bond donors (Lipinski definition) is 2. The Morgan fingerprint density at radius 1 is 1.30 bits per heavy atom. The van der Waals surface area contributed by atoms with Crippen LogP contribution in [0.25, 0.3) is 0 Å². The van der Waals surface area contributed by atoms with Gasteiger partial charge in [0.05, 0.1) is 11.0 Å². The highest BCUT2D eigenvalue weighted by atomic mass is 32.2. The summed E-state index contributed by atoms with van der Waals surface area (Å²) in [6.07, 6.45) is -1.37. The first-order valence-electron chi connectivity index (χ1n) is 5.61. The molecule has 0 amide bonds. The van der Waals surface area contributed by atoms with Crippen LogP contribution in [0.2, 0.25) is 0 Å². The lowest BCUT2D eigenvalue weighted by Gasteiger charge is -2.20. The molecular weight excluding hydrogens is 296 g/mol. The van der Waals surface area contributed by atoms with Crippen LogP contribution in [0.3, 0.4) is 0 Å². The van der Waals surface area contributed by atoms with Crippen LogP contribution in [0.1, 0.15) is 6.42 Å². The van der Waals surface area contributed by atoms with Crippen molar-refractivity contribution in [3.63, 3.8) is 0 Å². The second-order valence-corrected chi connectivity index (χ2v) is 6.28. The van der Waals surface area contributed by atoms with Crippen LogP contribution in [-0.2, 0) is 14.8 Å². The largest absolute Gasteiger partial charge is 0.480 e. The maximum absolute atomic E-state index is 13.1. The summed E-state index contributed by atoms with van der Waals surface area (Å²) in [5.74, 6) is -3.97. The van der Waals surface area contributed by atoms with Gasteiger partial charge in [0, 0.05) is 13.0 Å². The van der Waals surface area contributed by atoms with Crippen molar-refractivity contribution in [2.24, 2.45) is 0 Å². The molecule has 2 rings (SSSR count). The van der Waals surface area contributed by atoms with Crippen LogP contribution in [0, 0.1) is 11.6 Å². The number of β-amino-alcohol motifs (C(OH)–C–C–N with tert-alkyl or cyclic N) is 1. The van der Waals surface area contributed by atoms with Gasteiger partial charge in [0.1, 0.15) is 6.04 Å². The third kappa shape index (κ3) is 2.51. The van der Waals surface area contributed by atoms with Crippen molar-refractivity contribution in [1.82, 2.24) is 4.31 Å². The van der Waals surface area contributed by atoms with E-state index in [2.05, 4.69) is 0 Å². The summed E-state index contributed by atoms with van der Waals surface area (Å²) in [7, 11) is -4.32. The van der Waals surface area contributed by atoms with Crippen molar-refractivity contribution in [2.75, 3.05) is 6.54 Å². The minimum absolute atomic E-state index is 0.252. The highest BCUT2D eigenvalue weighted by Crippen LogP contribution is 2.27. The topological polar surface area (TPSA) is 94.9 Å². The van der Waals surface area contributed by atoms with E-state index in [1.165, 1.54) is 0 Å². The zero-order chi connectivity index (χ0) is 15.1. The number of carboxylic acid groups (broad SMARTS) is 1. The lowest BCUT2D eigenvalue weighted by molar-refractivity contribution is -0.140. The smallest absolute Gasteiger partial charge is 0.322 e. The standard InChI is InChI=1S/C11H11F2NO5S/c12-8-2-1-7(4-9(8)13)20(18,19)14-5-6(15)3-10(14)11(16)17/h1-2,4,6,10,15H,3,5H2,(H,16,17). The van der Waals surface area contributed by atoms with Crippen molar-refractivity contribution < 1.29 is 32.2 Å². The van der Waals surface area contributed by atoms with Gasteiger partial charge in [-0.25, -0.2) is 17.2 Å². The first-order valence-corrected chi connectivity index (χ1v) is 7.05. The van der Waals surface area contributed by atoms with E-state index in [9.17, 15) is 27.1 Å². The minimum atomic E-state index is -4.32. The van der Waals surface area contributed by atoms with Crippen molar-refractivity contribution in [3.8, 4) is 0 Å². The third-order valence-corrected chi connectivity index (χ3v) is 4.89. The summed E-state index contributed by atoms with van der Waals surface area (Å²) in [6.45, 7) is -0.404. The van der Waals surface area contributed by atoms with Crippen molar-refractivity contribution in [1.29, 1.82) is 0 Å². The number of carbonyl (C=O) groups is 1. The van der Waals surface area contributed by atoms with Crippen molar-refractivity contribution >= 4 is 16.0 Å². The van der Waals surface area contributed by atoms with Gasteiger partial charge in [-0.15, -0.1) is 0 Å². The zero-order valence-corrected chi connectivity index (χ0v) is 10.8. The third-order valence-electron chi connectivity index (χ3n) is 3.02. The monoisotopic (exact) mass is 307 g/mol. The number of aliphatic hydroxyl groups excluding tert-OH is 1. The van der Waals surface area contributed by atoms with Crippen LogP contribution in [0.4, 0.5) is 8.78 Å². The Bertz CT molecular complexity index is 648. The molecule has 110 valence electrons. The molecule has 2 N–H and O–H groups in total.